The third-order valence-corrected chi connectivity index (χ3v) is 5.96. The number of ketones is 1. The molecule has 7 nitrogen and oxygen atoms in total. The Morgan fingerprint density at radius 3 is 2.67 bits per heavy atom. The Labute approximate surface area is 190 Å². The van der Waals surface area contributed by atoms with Crippen LogP contribution in [0.25, 0.3) is 6.08 Å². The Kier molecular flexibility index (Phi) is 6.27. The molecule has 0 saturated carbocycles. The molecule has 10 heteroatoms. The molecule has 1 aliphatic rings. The Balaban J connectivity index is 1.55. The number of Topliss-reactive ketones (excluding diaryl/α,β-unsaturated/α-hetero) is 1. The van der Waals surface area contributed by atoms with Gasteiger partial charge in [0.2, 0.25) is 11.7 Å². The van der Waals surface area contributed by atoms with E-state index in [2.05, 4.69) is 15.0 Å². The molecule has 0 radical (unpaired) electrons. The molecular formula is C23H17F2N3O4S. The molecule has 1 amide bonds. The summed E-state index contributed by atoms with van der Waals surface area (Å²) in [5.41, 5.74) is 1.61. The topological polar surface area (TPSA) is 97.4 Å². The van der Waals surface area contributed by atoms with Gasteiger partial charge in [-0.25, -0.2) is 18.0 Å². The van der Waals surface area contributed by atoms with Gasteiger partial charge in [-0.3, -0.25) is 9.59 Å². The zero-order chi connectivity index (χ0) is 23.5. The minimum atomic E-state index is -1.90. The van der Waals surface area contributed by atoms with Crippen molar-refractivity contribution in [2.24, 2.45) is 0 Å². The van der Waals surface area contributed by atoms with Crippen LogP contribution in [0.4, 0.5) is 14.5 Å². The van der Waals surface area contributed by atoms with Crippen molar-refractivity contribution < 1.29 is 27.3 Å². The van der Waals surface area contributed by atoms with Crippen LogP contribution in [-0.4, -0.2) is 28.0 Å². The number of ether oxygens (including phenoxy) is 1. The Bertz CT molecular complexity index is 1310. The maximum atomic E-state index is 13.5. The van der Waals surface area contributed by atoms with Gasteiger partial charge < -0.3 is 14.8 Å². The van der Waals surface area contributed by atoms with Crippen molar-refractivity contribution in [2.75, 3.05) is 11.8 Å². The molecule has 2 heterocycles. The van der Waals surface area contributed by atoms with E-state index in [0.29, 0.717) is 11.6 Å². The fourth-order valence-electron chi connectivity index (χ4n) is 3.13. The van der Waals surface area contributed by atoms with Gasteiger partial charge in [-0.2, -0.15) is 0 Å². The van der Waals surface area contributed by atoms with Gasteiger partial charge in [0, 0.05) is 29.9 Å². The molecule has 1 atom stereocenters. The fraction of sp³-hybridized carbons (Fsp3) is 0.0870. The number of anilines is 1. The van der Waals surface area contributed by atoms with Crippen molar-refractivity contribution in [2.45, 2.75) is 6.54 Å². The lowest BCUT2D eigenvalue weighted by Gasteiger charge is -2.19. The Morgan fingerprint density at radius 2 is 1.97 bits per heavy atom. The minimum absolute atomic E-state index is 0.141. The van der Waals surface area contributed by atoms with Gasteiger partial charge in [0.05, 0.1) is 12.8 Å². The van der Waals surface area contributed by atoms with Crippen LogP contribution in [0.1, 0.15) is 31.8 Å². The van der Waals surface area contributed by atoms with E-state index in [4.69, 9.17) is 4.74 Å². The molecule has 0 fully saturated rings. The monoisotopic (exact) mass is 469 g/mol. The molecule has 0 bridgehead atoms. The normalized spacial score (nSPS) is 16.2. The van der Waals surface area contributed by atoms with E-state index in [9.17, 15) is 22.6 Å². The van der Waals surface area contributed by atoms with Crippen LogP contribution in [0.2, 0.25) is 0 Å². The number of carbonyl (C=O) groups excluding carboxylic acids is 2. The molecule has 3 aromatic rings. The number of nitrogens with one attached hydrogen (secondary N) is 2. The number of rotatable bonds is 5. The van der Waals surface area contributed by atoms with Crippen molar-refractivity contribution in [1.82, 2.24) is 10.3 Å². The van der Waals surface area contributed by atoms with Crippen LogP contribution in [0.3, 0.4) is 0 Å². The van der Waals surface area contributed by atoms with Crippen LogP contribution in [-0.2, 0) is 17.5 Å². The molecule has 2 N–H and O–H groups in total. The van der Waals surface area contributed by atoms with E-state index >= 15 is 0 Å². The molecule has 2 aromatic carbocycles. The van der Waals surface area contributed by atoms with Crippen LogP contribution >= 0.6 is 0 Å². The highest BCUT2D eigenvalue weighted by molar-refractivity contribution is 7.91. The number of pyridine rings is 1. The number of halogens is 2. The number of allylic oxidation sites excluding steroid dienone is 1. The maximum Gasteiger partial charge on any atom is 0.251 e. The summed E-state index contributed by atoms with van der Waals surface area (Å²) in [5.74, 6) is -2.66. The number of nitrogens with zero attached hydrogens (tertiary/aromatic N) is 1. The third kappa shape index (κ3) is 4.80. The first kappa shape index (κ1) is 22.3. The summed E-state index contributed by atoms with van der Waals surface area (Å²) in [7, 11) is -0.399. The average Bonchev–Trinajstić information content (AvgIpc) is 2.82. The van der Waals surface area contributed by atoms with Gasteiger partial charge in [-0.05, 0) is 47.5 Å². The predicted octanol–water partition coefficient (Wildman–Crippen LogP) is 3.61. The number of carbonyl (C=O) groups is 2. The van der Waals surface area contributed by atoms with Gasteiger partial charge in [0.25, 0.3) is 5.91 Å². The first-order chi connectivity index (χ1) is 15.9. The highest BCUT2D eigenvalue weighted by Gasteiger charge is 2.28. The summed E-state index contributed by atoms with van der Waals surface area (Å²) in [6.07, 6.45) is 2.80. The van der Waals surface area contributed by atoms with Crippen LogP contribution in [0, 0.1) is 11.6 Å². The largest absolute Gasteiger partial charge is 0.481 e. The van der Waals surface area contributed by atoms with Crippen LogP contribution in [0.5, 0.6) is 5.88 Å². The van der Waals surface area contributed by atoms with E-state index in [1.807, 2.05) is 0 Å². The molecule has 1 unspecified atom stereocenters. The summed E-state index contributed by atoms with van der Waals surface area (Å²) < 4.78 is 46.9. The van der Waals surface area contributed by atoms with Crippen molar-refractivity contribution in [1.29, 1.82) is 0 Å². The van der Waals surface area contributed by atoms with E-state index < -0.39 is 34.3 Å². The lowest BCUT2D eigenvalue weighted by atomic mass is 10.0. The quantitative estimate of drug-likeness (QED) is 0.557. The molecule has 0 saturated heterocycles. The number of fused-ring (bicyclic) bond motifs is 1. The second-order valence-corrected chi connectivity index (χ2v) is 8.22. The SMILES string of the molecule is COc1ccc(CNC(=O)c2ccc3c(c2)C(=O)/C(=C/c2ccc(F)c(F)c2)S(=O)N3)cn1. The fourth-order valence-corrected chi connectivity index (χ4v) is 4.14. The first-order valence-electron chi connectivity index (χ1n) is 9.67. The smallest absolute Gasteiger partial charge is 0.251 e. The van der Waals surface area contributed by atoms with E-state index in [1.165, 1.54) is 37.5 Å². The second kappa shape index (κ2) is 9.29. The highest BCUT2D eigenvalue weighted by Crippen LogP contribution is 2.30. The van der Waals surface area contributed by atoms with Crippen molar-refractivity contribution in [3.05, 3.63) is 93.5 Å². The average molecular weight is 469 g/mol. The van der Waals surface area contributed by atoms with Crippen molar-refractivity contribution in [3.8, 4) is 5.88 Å². The molecule has 4 rings (SSSR count). The first-order valence-corrected chi connectivity index (χ1v) is 10.8. The summed E-state index contributed by atoms with van der Waals surface area (Å²) in [4.78, 5) is 29.5. The number of hydrogen-bond acceptors (Lipinski definition) is 5. The number of benzene rings is 2. The van der Waals surface area contributed by atoms with E-state index in [-0.39, 0.29) is 28.1 Å². The second-order valence-electron chi connectivity index (χ2n) is 7.03. The summed E-state index contributed by atoms with van der Waals surface area (Å²) >= 11 is 0. The highest BCUT2D eigenvalue weighted by atomic mass is 32.2. The molecule has 33 heavy (non-hydrogen) atoms. The van der Waals surface area contributed by atoms with Gasteiger partial charge in [0.15, 0.2) is 22.6 Å². The Hall–Kier alpha value is -3.92. The standard InChI is InChI=1S/C23H17F2N3O4S/c1-32-21-7-3-14(11-26-21)12-27-23(30)15-4-6-19-16(10-15)22(29)20(33(31)28-19)9-13-2-5-17(24)18(25)8-13/h2-11,28H,12H2,1H3,(H,27,30)/b20-9-. The molecule has 168 valence electrons. The van der Waals surface area contributed by atoms with E-state index in [0.717, 1.165) is 17.7 Å². The molecule has 1 aromatic heterocycles. The number of aromatic nitrogens is 1. The van der Waals surface area contributed by atoms with Crippen molar-refractivity contribution in [3.63, 3.8) is 0 Å². The molecular weight excluding hydrogens is 452 g/mol. The zero-order valence-corrected chi connectivity index (χ0v) is 18.0. The van der Waals surface area contributed by atoms with Crippen LogP contribution in [0.15, 0.2) is 59.6 Å². The van der Waals surface area contributed by atoms with Gasteiger partial charge in [-0.1, -0.05) is 12.1 Å². The van der Waals surface area contributed by atoms with E-state index in [1.54, 1.807) is 18.3 Å². The number of methoxy groups -OCH3 is 1. The third-order valence-electron chi connectivity index (χ3n) is 4.85. The summed E-state index contributed by atoms with van der Waals surface area (Å²) in [5, 5.41) is 2.74. The maximum absolute atomic E-state index is 13.5. The number of hydrogen-bond donors (Lipinski definition) is 2. The Morgan fingerprint density at radius 1 is 1.15 bits per heavy atom. The molecule has 0 aliphatic carbocycles. The van der Waals surface area contributed by atoms with Gasteiger partial charge in [0.1, 0.15) is 4.91 Å². The molecule has 1 aliphatic heterocycles. The summed E-state index contributed by atoms with van der Waals surface area (Å²) in [6, 6.07) is 10.9. The van der Waals surface area contributed by atoms with Gasteiger partial charge in [-0.15, -0.1) is 0 Å². The lowest BCUT2D eigenvalue weighted by Crippen LogP contribution is -2.25. The number of amides is 1. The molecule has 0 spiro atoms. The predicted molar refractivity (Wildman–Crippen MR) is 119 cm³/mol. The minimum Gasteiger partial charge on any atom is -0.481 e. The lowest BCUT2D eigenvalue weighted by molar-refractivity contribution is 0.0951. The van der Waals surface area contributed by atoms with Crippen LogP contribution < -0.4 is 14.8 Å². The zero-order valence-electron chi connectivity index (χ0n) is 17.2. The van der Waals surface area contributed by atoms with Gasteiger partial charge >= 0.3 is 0 Å². The summed E-state index contributed by atoms with van der Waals surface area (Å²) in [6.45, 7) is 0.213. The van der Waals surface area contributed by atoms with Crippen molar-refractivity contribution >= 4 is 34.4 Å².